The Labute approximate surface area is 102 Å². The molecule has 0 heterocycles. The maximum absolute atomic E-state index is 12.2. The summed E-state index contributed by atoms with van der Waals surface area (Å²) in [6.07, 6.45) is 0.630. The Morgan fingerprint density at radius 2 is 1.94 bits per heavy atom. The van der Waals surface area contributed by atoms with Gasteiger partial charge in [-0.15, -0.1) is 0 Å². The Morgan fingerprint density at radius 1 is 1.35 bits per heavy atom. The van der Waals surface area contributed by atoms with Gasteiger partial charge < -0.3 is 9.84 Å². The molecule has 17 heavy (non-hydrogen) atoms. The molecule has 1 aromatic rings. The number of aliphatic hydroxyl groups is 1. The number of hydrogen-bond donors (Lipinski definition) is 1. The molecule has 1 N–H and O–H groups in total. The fourth-order valence-electron chi connectivity index (χ4n) is 1.77. The number of aliphatic hydroxyl groups excluding tert-OH is 1. The van der Waals surface area contributed by atoms with Crippen LogP contribution in [0.5, 0.6) is 5.75 Å². The van der Waals surface area contributed by atoms with Crippen LogP contribution in [0.4, 0.5) is 0 Å². The minimum absolute atomic E-state index is 0.0463. The van der Waals surface area contributed by atoms with Gasteiger partial charge in [0.1, 0.15) is 5.75 Å². The summed E-state index contributed by atoms with van der Waals surface area (Å²) in [7, 11) is 1.56. The molecule has 1 aromatic carbocycles. The third-order valence-electron chi connectivity index (χ3n) is 3.17. The average molecular weight is 236 g/mol. The summed E-state index contributed by atoms with van der Waals surface area (Å²) in [5.41, 5.74) is 2.72. The van der Waals surface area contributed by atoms with E-state index >= 15 is 0 Å². The van der Waals surface area contributed by atoms with Crippen LogP contribution in [0.25, 0.3) is 0 Å². The van der Waals surface area contributed by atoms with Gasteiger partial charge in [0.2, 0.25) is 0 Å². The zero-order valence-electron chi connectivity index (χ0n) is 10.9. The zero-order chi connectivity index (χ0) is 13.0. The van der Waals surface area contributed by atoms with E-state index in [4.69, 9.17) is 4.74 Å². The van der Waals surface area contributed by atoms with Crippen LogP contribution in [0, 0.1) is 19.8 Å². The molecule has 1 rings (SSSR count). The van der Waals surface area contributed by atoms with E-state index in [9.17, 15) is 9.90 Å². The van der Waals surface area contributed by atoms with Crippen molar-refractivity contribution in [1.29, 1.82) is 0 Å². The number of methoxy groups -OCH3 is 1. The summed E-state index contributed by atoms with van der Waals surface area (Å²) in [4.78, 5) is 12.2. The molecule has 3 heteroatoms. The van der Waals surface area contributed by atoms with Crippen molar-refractivity contribution in [2.45, 2.75) is 27.2 Å². The SMILES string of the molecule is CCC(CO)C(=O)c1cc(C)c(C)cc1OC. The predicted octanol–water partition coefficient (Wildman–Crippen LogP) is 2.51. The molecular weight excluding hydrogens is 216 g/mol. The molecule has 0 aliphatic carbocycles. The lowest BCUT2D eigenvalue weighted by molar-refractivity contribution is 0.0853. The van der Waals surface area contributed by atoms with Crippen molar-refractivity contribution < 1.29 is 14.6 Å². The van der Waals surface area contributed by atoms with Gasteiger partial charge in [-0.2, -0.15) is 0 Å². The largest absolute Gasteiger partial charge is 0.496 e. The van der Waals surface area contributed by atoms with Crippen LogP contribution in [0.15, 0.2) is 12.1 Å². The number of carbonyl (C=O) groups is 1. The Kier molecular flexibility index (Phi) is 4.70. The van der Waals surface area contributed by atoms with Crippen molar-refractivity contribution in [1.82, 2.24) is 0 Å². The van der Waals surface area contributed by atoms with Crippen LogP contribution < -0.4 is 4.74 Å². The summed E-state index contributed by atoms with van der Waals surface area (Å²) in [6.45, 7) is 5.72. The number of Topliss-reactive ketones (excluding diaryl/α,β-unsaturated/α-hetero) is 1. The normalized spacial score (nSPS) is 12.3. The van der Waals surface area contributed by atoms with Gasteiger partial charge in [-0.1, -0.05) is 6.92 Å². The van der Waals surface area contributed by atoms with Crippen LogP contribution in [0.2, 0.25) is 0 Å². The number of rotatable bonds is 5. The van der Waals surface area contributed by atoms with Gasteiger partial charge in [-0.3, -0.25) is 4.79 Å². The first-order valence-electron chi connectivity index (χ1n) is 5.85. The van der Waals surface area contributed by atoms with Gasteiger partial charge in [0.05, 0.1) is 19.3 Å². The second kappa shape index (κ2) is 5.82. The lowest BCUT2D eigenvalue weighted by Crippen LogP contribution is -2.18. The molecule has 0 aromatic heterocycles. The summed E-state index contributed by atoms with van der Waals surface area (Å²) in [5.74, 6) is 0.200. The van der Waals surface area contributed by atoms with E-state index in [0.717, 1.165) is 11.1 Å². The number of aryl methyl sites for hydroxylation is 2. The van der Waals surface area contributed by atoms with Crippen LogP contribution in [-0.2, 0) is 0 Å². The van der Waals surface area contributed by atoms with E-state index in [1.54, 1.807) is 7.11 Å². The lowest BCUT2D eigenvalue weighted by Gasteiger charge is -2.15. The third kappa shape index (κ3) is 2.86. The van der Waals surface area contributed by atoms with Crippen LogP contribution in [0.1, 0.15) is 34.8 Å². The van der Waals surface area contributed by atoms with E-state index in [1.807, 2.05) is 32.9 Å². The predicted molar refractivity (Wildman–Crippen MR) is 67.7 cm³/mol. The summed E-state index contributed by atoms with van der Waals surface area (Å²) in [5, 5.41) is 9.18. The molecule has 94 valence electrons. The number of hydrogen-bond acceptors (Lipinski definition) is 3. The van der Waals surface area contributed by atoms with Crippen molar-refractivity contribution in [2.75, 3.05) is 13.7 Å². The van der Waals surface area contributed by atoms with Gasteiger partial charge >= 0.3 is 0 Å². The van der Waals surface area contributed by atoms with Crippen molar-refractivity contribution >= 4 is 5.78 Å². The molecule has 0 fully saturated rings. The van der Waals surface area contributed by atoms with E-state index in [-0.39, 0.29) is 18.3 Å². The van der Waals surface area contributed by atoms with Crippen molar-refractivity contribution in [3.63, 3.8) is 0 Å². The molecule has 0 saturated carbocycles. The average Bonchev–Trinajstić information content (AvgIpc) is 2.33. The first-order chi connectivity index (χ1) is 8.04. The van der Waals surface area contributed by atoms with Gasteiger partial charge in [0, 0.05) is 5.92 Å². The van der Waals surface area contributed by atoms with Gasteiger partial charge in [0.25, 0.3) is 0 Å². The van der Waals surface area contributed by atoms with Crippen molar-refractivity contribution in [3.05, 3.63) is 28.8 Å². The molecule has 0 radical (unpaired) electrons. The number of benzene rings is 1. The van der Waals surface area contributed by atoms with Gasteiger partial charge in [0.15, 0.2) is 5.78 Å². The standard InChI is InChI=1S/C14H20O3/c1-5-11(8-15)14(16)12-6-9(2)10(3)7-13(12)17-4/h6-7,11,15H,5,8H2,1-4H3. The quantitative estimate of drug-likeness (QED) is 0.799. The highest BCUT2D eigenvalue weighted by molar-refractivity contribution is 6.00. The Morgan fingerprint density at radius 3 is 2.41 bits per heavy atom. The van der Waals surface area contributed by atoms with Crippen LogP contribution in [0.3, 0.4) is 0 Å². The summed E-state index contributed by atoms with van der Waals surface area (Å²) < 4.78 is 5.24. The fraction of sp³-hybridized carbons (Fsp3) is 0.500. The first-order valence-corrected chi connectivity index (χ1v) is 5.85. The summed E-state index contributed by atoms with van der Waals surface area (Å²) >= 11 is 0. The Hall–Kier alpha value is -1.35. The molecule has 0 aliphatic rings. The minimum atomic E-state index is -0.342. The van der Waals surface area contributed by atoms with Gasteiger partial charge in [-0.05, 0) is 43.5 Å². The second-order valence-corrected chi connectivity index (χ2v) is 4.29. The third-order valence-corrected chi connectivity index (χ3v) is 3.17. The molecule has 0 amide bonds. The Balaban J connectivity index is 3.20. The van der Waals surface area contributed by atoms with Gasteiger partial charge in [-0.25, -0.2) is 0 Å². The smallest absolute Gasteiger partial charge is 0.171 e. The highest BCUT2D eigenvalue weighted by atomic mass is 16.5. The van der Waals surface area contributed by atoms with Crippen molar-refractivity contribution in [2.24, 2.45) is 5.92 Å². The molecule has 3 nitrogen and oxygen atoms in total. The van der Waals surface area contributed by atoms with Crippen LogP contribution >= 0.6 is 0 Å². The Bertz CT molecular complexity index is 406. The molecular formula is C14H20O3. The fourth-order valence-corrected chi connectivity index (χ4v) is 1.77. The summed E-state index contributed by atoms with van der Waals surface area (Å²) in [6, 6.07) is 3.71. The highest BCUT2D eigenvalue weighted by Crippen LogP contribution is 2.26. The van der Waals surface area contributed by atoms with Crippen molar-refractivity contribution in [3.8, 4) is 5.75 Å². The van der Waals surface area contributed by atoms with E-state index in [1.165, 1.54) is 0 Å². The van der Waals surface area contributed by atoms with E-state index < -0.39 is 0 Å². The zero-order valence-corrected chi connectivity index (χ0v) is 10.9. The number of ether oxygens (including phenoxy) is 1. The highest BCUT2D eigenvalue weighted by Gasteiger charge is 2.21. The molecule has 0 spiro atoms. The molecule has 1 unspecified atom stereocenters. The molecule has 0 bridgehead atoms. The lowest BCUT2D eigenvalue weighted by atomic mass is 9.93. The van der Waals surface area contributed by atoms with E-state index in [0.29, 0.717) is 17.7 Å². The van der Waals surface area contributed by atoms with E-state index in [2.05, 4.69) is 0 Å². The maximum Gasteiger partial charge on any atom is 0.171 e. The maximum atomic E-state index is 12.2. The molecule has 1 atom stereocenters. The second-order valence-electron chi connectivity index (χ2n) is 4.29. The number of ketones is 1. The number of carbonyl (C=O) groups excluding carboxylic acids is 1. The first kappa shape index (κ1) is 13.7. The topological polar surface area (TPSA) is 46.5 Å². The molecule has 0 aliphatic heterocycles. The minimum Gasteiger partial charge on any atom is -0.496 e. The molecule has 0 saturated heterocycles. The van der Waals surface area contributed by atoms with Crippen LogP contribution in [-0.4, -0.2) is 24.6 Å². The monoisotopic (exact) mass is 236 g/mol.